The second-order valence-electron chi connectivity index (χ2n) is 4.51. The Morgan fingerprint density at radius 1 is 1.40 bits per heavy atom. The maximum Gasteiger partial charge on any atom is 0.0537 e. The molecule has 1 N–H and O–H groups in total. The van der Waals surface area contributed by atoms with Crippen LogP contribution in [0.15, 0.2) is 46.0 Å². The fourth-order valence-electron chi connectivity index (χ4n) is 1.99. The summed E-state index contributed by atoms with van der Waals surface area (Å²) in [6.45, 7) is 6.12. The van der Waals surface area contributed by atoms with Crippen LogP contribution in [0.1, 0.15) is 25.5 Å². The third kappa shape index (κ3) is 4.36. The molecule has 1 heterocycles. The number of rotatable bonds is 7. The maximum atomic E-state index is 4.37. The highest BCUT2D eigenvalue weighted by molar-refractivity contribution is 9.10. The zero-order valence-electron chi connectivity index (χ0n) is 11.8. The number of aromatic nitrogens is 2. The molecule has 3 nitrogen and oxygen atoms in total. The molecule has 0 aliphatic rings. The van der Waals surface area contributed by atoms with Crippen LogP contribution in [0, 0.1) is 0 Å². The summed E-state index contributed by atoms with van der Waals surface area (Å²) in [4.78, 5) is 1.28. The minimum Gasteiger partial charge on any atom is -0.309 e. The molecule has 1 aromatic carbocycles. The van der Waals surface area contributed by atoms with Crippen LogP contribution in [0.2, 0.25) is 0 Å². The van der Waals surface area contributed by atoms with E-state index < -0.39 is 0 Å². The fourth-order valence-corrected chi connectivity index (χ4v) is 3.59. The van der Waals surface area contributed by atoms with Gasteiger partial charge in [-0.05, 0) is 31.7 Å². The molecule has 20 heavy (non-hydrogen) atoms. The summed E-state index contributed by atoms with van der Waals surface area (Å²) < 4.78 is 3.10. The molecule has 0 saturated heterocycles. The standard InChI is InChI=1S/C15H20BrN3S/c1-3-17-15(12-9-18-19(4-2)10-12)11-20-14-7-5-6-13(16)8-14/h5-10,15,17H,3-4,11H2,1-2H3. The molecule has 1 aromatic heterocycles. The molecule has 108 valence electrons. The fraction of sp³-hybridized carbons (Fsp3) is 0.400. The Morgan fingerprint density at radius 2 is 2.25 bits per heavy atom. The Balaban J connectivity index is 2.02. The van der Waals surface area contributed by atoms with Crippen LogP contribution in [-0.4, -0.2) is 22.1 Å². The van der Waals surface area contributed by atoms with Crippen molar-refractivity contribution in [3.63, 3.8) is 0 Å². The van der Waals surface area contributed by atoms with Gasteiger partial charge in [-0.15, -0.1) is 11.8 Å². The third-order valence-corrected chi connectivity index (χ3v) is 4.62. The lowest BCUT2D eigenvalue weighted by molar-refractivity contribution is 0.603. The lowest BCUT2D eigenvalue weighted by Gasteiger charge is -2.16. The first-order chi connectivity index (χ1) is 9.72. The zero-order valence-corrected chi connectivity index (χ0v) is 14.2. The molecule has 2 aromatic rings. The summed E-state index contributed by atoms with van der Waals surface area (Å²) in [6, 6.07) is 8.77. The van der Waals surface area contributed by atoms with Crippen LogP contribution >= 0.6 is 27.7 Å². The Labute approximate surface area is 133 Å². The monoisotopic (exact) mass is 353 g/mol. The highest BCUT2D eigenvalue weighted by Crippen LogP contribution is 2.26. The Morgan fingerprint density at radius 3 is 2.90 bits per heavy atom. The van der Waals surface area contributed by atoms with Crippen molar-refractivity contribution < 1.29 is 0 Å². The van der Waals surface area contributed by atoms with E-state index >= 15 is 0 Å². The summed E-state index contributed by atoms with van der Waals surface area (Å²) >= 11 is 5.38. The largest absolute Gasteiger partial charge is 0.309 e. The second kappa shape index (κ2) is 7.86. The number of nitrogens with zero attached hydrogens (tertiary/aromatic N) is 2. The minimum absolute atomic E-state index is 0.337. The molecule has 2 rings (SSSR count). The van der Waals surface area contributed by atoms with E-state index in [2.05, 4.69) is 70.7 Å². The van der Waals surface area contributed by atoms with Crippen LogP contribution in [-0.2, 0) is 6.54 Å². The molecule has 0 aliphatic heterocycles. The Bertz CT molecular complexity index is 541. The van der Waals surface area contributed by atoms with Gasteiger partial charge < -0.3 is 5.32 Å². The van der Waals surface area contributed by atoms with Crippen LogP contribution in [0.25, 0.3) is 0 Å². The number of thioether (sulfide) groups is 1. The van der Waals surface area contributed by atoms with Gasteiger partial charge in [0.05, 0.1) is 6.20 Å². The van der Waals surface area contributed by atoms with Crippen molar-refractivity contribution in [1.29, 1.82) is 0 Å². The van der Waals surface area contributed by atoms with Crippen molar-refractivity contribution in [3.05, 3.63) is 46.7 Å². The molecule has 0 fully saturated rings. The number of aryl methyl sites for hydroxylation is 1. The van der Waals surface area contributed by atoms with Crippen molar-refractivity contribution in [2.75, 3.05) is 12.3 Å². The number of benzene rings is 1. The van der Waals surface area contributed by atoms with Crippen LogP contribution in [0.4, 0.5) is 0 Å². The van der Waals surface area contributed by atoms with Crippen LogP contribution in [0.5, 0.6) is 0 Å². The van der Waals surface area contributed by atoms with E-state index in [0.717, 1.165) is 23.3 Å². The molecule has 0 aliphatic carbocycles. The number of halogens is 1. The average Bonchev–Trinajstić information content (AvgIpc) is 2.92. The topological polar surface area (TPSA) is 29.9 Å². The molecular weight excluding hydrogens is 334 g/mol. The van der Waals surface area contributed by atoms with E-state index in [-0.39, 0.29) is 0 Å². The third-order valence-electron chi connectivity index (χ3n) is 3.04. The number of hydrogen-bond donors (Lipinski definition) is 1. The Hall–Kier alpha value is -0.780. The summed E-state index contributed by atoms with van der Waals surface area (Å²) in [5.74, 6) is 1.000. The van der Waals surface area contributed by atoms with E-state index in [1.807, 2.05) is 22.6 Å². The lowest BCUT2D eigenvalue weighted by atomic mass is 10.2. The van der Waals surface area contributed by atoms with E-state index in [1.165, 1.54) is 10.5 Å². The van der Waals surface area contributed by atoms with Gasteiger partial charge in [0, 0.05) is 39.5 Å². The highest BCUT2D eigenvalue weighted by atomic mass is 79.9. The molecule has 0 saturated carbocycles. The molecular formula is C15H20BrN3S. The second-order valence-corrected chi connectivity index (χ2v) is 6.52. The van der Waals surface area contributed by atoms with Gasteiger partial charge in [-0.3, -0.25) is 4.68 Å². The molecule has 0 spiro atoms. The number of nitrogens with one attached hydrogen (secondary N) is 1. The van der Waals surface area contributed by atoms with Gasteiger partial charge in [-0.25, -0.2) is 0 Å². The predicted octanol–water partition coefficient (Wildman–Crippen LogP) is 4.11. The smallest absolute Gasteiger partial charge is 0.0537 e. The van der Waals surface area contributed by atoms with E-state index in [1.54, 1.807) is 0 Å². The normalized spacial score (nSPS) is 12.6. The zero-order chi connectivity index (χ0) is 14.4. The molecule has 0 amide bonds. The summed E-state index contributed by atoms with van der Waals surface area (Å²) in [7, 11) is 0. The number of hydrogen-bond acceptors (Lipinski definition) is 3. The van der Waals surface area contributed by atoms with Gasteiger partial charge in [0.25, 0.3) is 0 Å². The van der Waals surface area contributed by atoms with Crippen LogP contribution in [0.3, 0.4) is 0 Å². The van der Waals surface area contributed by atoms with Crippen molar-refractivity contribution in [1.82, 2.24) is 15.1 Å². The highest BCUT2D eigenvalue weighted by Gasteiger charge is 2.13. The van der Waals surface area contributed by atoms with Gasteiger partial charge >= 0.3 is 0 Å². The summed E-state index contributed by atoms with van der Waals surface area (Å²) in [5, 5.41) is 7.90. The van der Waals surface area contributed by atoms with Gasteiger partial charge in [0.2, 0.25) is 0 Å². The quantitative estimate of drug-likeness (QED) is 0.759. The summed E-state index contributed by atoms with van der Waals surface area (Å²) in [6.07, 6.45) is 4.10. The first-order valence-corrected chi connectivity index (χ1v) is 8.65. The average molecular weight is 354 g/mol. The summed E-state index contributed by atoms with van der Waals surface area (Å²) in [5.41, 5.74) is 1.26. The van der Waals surface area contributed by atoms with E-state index in [0.29, 0.717) is 6.04 Å². The van der Waals surface area contributed by atoms with Gasteiger partial charge in [0.1, 0.15) is 0 Å². The molecule has 5 heteroatoms. The van der Waals surface area contributed by atoms with Gasteiger partial charge in [0.15, 0.2) is 0 Å². The SMILES string of the molecule is CCNC(CSc1cccc(Br)c1)c1cnn(CC)c1. The van der Waals surface area contributed by atoms with E-state index in [4.69, 9.17) is 0 Å². The van der Waals surface area contributed by atoms with Crippen molar-refractivity contribution in [2.24, 2.45) is 0 Å². The van der Waals surface area contributed by atoms with Crippen molar-refractivity contribution >= 4 is 27.7 Å². The molecule has 0 bridgehead atoms. The maximum absolute atomic E-state index is 4.37. The minimum atomic E-state index is 0.337. The molecule has 1 unspecified atom stereocenters. The van der Waals surface area contributed by atoms with Gasteiger partial charge in [-0.1, -0.05) is 28.9 Å². The van der Waals surface area contributed by atoms with Crippen molar-refractivity contribution in [3.8, 4) is 0 Å². The molecule has 0 radical (unpaired) electrons. The first kappa shape index (κ1) is 15.6. The molecule has 1 atom stereocenters. The van der Waals surface area contributed by atoms with Crippen LogP contribution < -0.4 is 5.32 Å². The van der Waals surface area contributed by atoms with Gasteiger partial charge in [-0.2, -0.15) is 5.10 Å². The first-order valence-electron chi connectivity index (χ1n) is 6.87. The Kier molecular flexibility index (Phi) is 6.13. The predicted molar refractivity (Wildman–Crippen MR) is 89.2 cm³/mol. The lowest BCUT2D eigenvalue weighted by Crippen LogP contribution is -2.22. The van der Waals surface area contributed by atoms with E-state index in [9.17, 15) is 0 Å². The van der Waals surface area contributed by atoms with Crippen molar-refractivity contribution in [2.45, 2.75) is 31.3 Å².